The summed E-state index contributed by atoms with van der Waals surface area (Å²) in [6.07, 6.45) is 0.366. The summed E-state index contributed by atoms with van der Waals surface area (Å²) in [5.41, 5.74) is -0.712. The Hall–Kier alpha value is -1.59. The molecule has 0 aromatic carbocycles. The largest absolute Gasteiger partial charge is 0.465 e. The lowest BCUT2D eigenvalue weighted by Crippen LogP contribution is -2.27. The average Bonchev–Trinajstić information content (AvgIpc) is 2.36. The molecule has 0 radical (unpaired) electrons. The first-order valence-corrected chi connectivity index (χ1v) is 7.84. The van der Waals surface area contributed by atoms with E-state index in [4.69, 9.17) is 14.2 Å². The van der Waals surface area contributed by atoms with Crippen LogP contribution in [-0.4, -0.2) is 36.7 Å². The fraction of sp³-hybridized carbons (Fsp3) is 0.824. The first kappa shape index (κ1) is 21.4. The highest BCUT2D eigenvalue weighted by Crippen LogP contribution is 2.16. The third-order valence-electron chi connectivity index (χ3n) is 2.60. The maximum atomic E-state index is 11.8. The molecule has 0 aliphatic carbocycles. The minimum atomic E-state index is -0.616. The Morgan fingerprint density at radius 2 is 1.48 bits per heavy atom. The molecule has 6 nitrogen and oxygen atoms in total. The summed E-state index contributed by atoms with van der Waals surface area (Å²) in [5, 5.41) is 0. The third kappa shape index (κ3) is 12.6. The van der Waals surface area contributed by atoms with Crippen molar-refractivity contribution in [3.8, 4) is 0 Å². The molecular formula is C17H30O6. The monoisotopic (exact) mass is 330 g/mol. The zero-order chi connectivity index (χ0) is 18.3. The standard InChI is InChI=1S/C17H30O6/c1-12(15(20)22-11-16(2,3)4)8-9-13(18)21-10-14(19)23-17(5,6)7/h12H,8-11H2,1-7H3/t12-/m0/s1. The number of ether oxygens (including phenoxy) is 3. The van der Waals surface area contributed by atoms with E-state index in [0.717, 1.165) is 0 Å². The number of rotatable bonds is 7. The third-order valence-corrected chi connectivity index (χ3v) is 2.60. The van der Waals surface area contributed by atoms with E-state index in [0.29, 0.717) is 13.0 Å². The van der Waals surface area contributed by atoms with Gasteiger partial charge in [0.25, 0.3) is 0 Å². The molecule has 0 aromatic rings. The van der Waals surface area contributed by atoms with Crippen LogP contribution in [0.5, 0.6) is 0 Å². The van der Waals surface area contributed by atoms with Crippen LogP contribution in [0, 0.1) is 11.3 Å². The second-order valence-corrected chi connectivity index (χ2v) is 7.86. The number of hydrogen-bond acceptors (Lipinski definition) is 6. The second kappa shape index (κ2) is 8.89. The maximum absolute atomic E-state index is 11.8. The quantitative estimate of drug-likeness (QED) is 0.527. The van der Waals surface area contributed by atoms with Gasteiger partial charge < -0.3 is 14.2 Å². The van der Waals surface area contributed by atoms with Gasteiger partial charge >= 0.3 is 17.9 Å². The van der Waals surface area contributed by atoms with E-state index in [1.165, 1.54) is 0 Å². The van der Waals surface area contributed by atoms with Crippen LogP contribution >= 0.6 is 0 Å². The second-order valence-electron chi connectivity index (χ2n) is 7.86. The molecule has 0 heterocycles. The number of hydrogen-bond donors (Lipinski definition) is 0. The van der Waals surface area contributed by atoms with Crippen LogP contribution in [0.25, 0.3) is 0 Å². The van der Waals surface area contributed by atoms with Crippen LogP contribution in [0.15, 0.2) is 0 Å². The molecule has 1 atom stereocenters. The highest BCUT2D eigenvalue weighted by Gasteiger charge is 2.21. The van der Waals surface area contributed by atoms with E-state index >= 15 is 0 Å². The summed E-state index contributed by atoms with van der Waals surface area (Å²) in [7, 11) is 0. The van der Waals surface area contributed by atoms with Crippen molar-refractivity contribution in [1.29, 1.82) is 0 Å². The van der Waals surface area contributed by atoms with Crippen LogP contribution in [0.2, 0.25) is 0 Å². The summed E-state index contributed by atoms with van der Waals surface area (Å²) in [4.78, 5) is 34.8. The molecule has 0 spiro atoms. The van der Waals surface area contributed by atoms with Gasteiger partial charge in [0, 0.05) is 6.42 Å². The number of carbonyl (C=O) groups excluding carboxylic acids is 3. The smallest absolute Gasteiger partial charge is 0.344 e. The predicted octanol–water partition coefficient (Wildman–Crippen LogP) is 2.88. The van der Waals surface area contributed by atoms with Gasteiger partial charge in [-0.25, -0.2) is 4.79 Å². The summed E-state index contributed by atoms with van der Waals surface area (Å²) >= 11 is 0. The molecule has 0 N–H and O–H groups in total. The maximum Gasteiger partial charge on any atom is 0.344 e. The highest BCUT2D eigenvalue weighted by molar-refractivity contribution is 5.77. The minimum absolute atomic E-state index is 0.0502. The number of esters is 3. The summed E-state index contributed by atoms with van der Waals surface area (Å²) in [5.74, 6) is -1.86. The predicted molar refractivity (Wildman–Crippen MR) is 85.6 cm³/mol. The number of carbonyl (C=O) groups is 3. The fourth-order valence-corrected chi connectivity index (χ4v) is 1.46. The molecule has 0 rings (SSSR count). The molecule has 0 aromatic heterocycles. The van der Waals surface area contributed by atoms with Gasteiger partial charge in [0.15, 0.2) is 6.61 Å². The van der Waals surface area contributed by atoms with Gasteiger partial charge in [0.1, 0.15) is 5.60 Å². The van der Waals surface area contributed by atoms with Gasteiger partial charge in [-0.2, -0.15) is 0 Å². The van der Waals surface area contributed by atoms with Gasteiger partial charge in [-0.05, 0) is 32.6 Å². The van der Waals surface area contributed by atoms with Crippen molar-refractivity contribution >= 4 is 17.9 Å². The van der Waals surface area contributed by atoms with E-state index in [-0.39, 0.29) is 17.8 Å². The van der Waals surface area contributed by atoms with Crippen molar-refractivity contribution < 1.29 is 28.6 Å². The lowest BCUT2D eigenvalue weighted by molar-refractivity contribution is -0.166. The van der Waals surface area contributed by atoms with Gasteiger partial charge in [-0.15, -0.1) is 0 Å². The Bertz CT molecular complexity index is 414. The molecule has 0 amide bonds. The Kier molecular flexibility index (Phi) is 8.28. The van der Waals surface area contributed by atoms with Crippen LogP contribution in [0.3, 0.4) is 0 Å². The van der Waals surface area contributed by atoms with E-state index in [9.17, 15) is 14.4 Å². The van der Waals surface area contributed by atoms with E-state index in [1.807, 2.05) is 20.8 Å². The van der Waals surface area contributed by atoms with Gasteiger partial charge in [-0.1, -0.05) is 27.7 Å². The SMILES string of the molecule is C[C@@H](CCC(=O)OCC(=O)OC(C)(C)C)C(=O)OCC(C)(C)C. The van der Waals surface area contributed by atoms with Crippen molar-refractivity contribution in [1.82, 2.24) is 0 Å². The normalized spacial score (nSPS) is 13.2. The zero-order valence-electron chi connectivity index (χ0n) is 15.4. The van der Waals surface area contributed by atoms with Crippen LogP contribution in [0.4, 0.5) is 0 Å². The molecular weight excluding hydrogens is 300 g/mol. The Labute approximate surface area is 138 Å². The van der Waals surface area contributed by atoms with E-state index in [1.54, 1.807) is 27.7 Å². The van der Waals surface area contributed by atoms with Crippen LogP contribution < -0.4 is 0 Å². The summed E-state index contributed by atoms with van der Waals surface area (Å²) in [6.45, 7) is 12.7. The first-order valence-electron chi connectivity index (χ1n) is 7.84. The van der Waals surface area contributed by atoms with Crippen molar-refractivity contribution in [3.63, 3.8) is 0 Å². The van der Waals surface area contributed by atoms with Crippen LogP contribution in [0.1, 0.15) is 61.3 Å². The van der Waals surface area contributed by atoms with Crippen molar-refractivity contribution in [2.45, 2.75) is 66.9 Å². The Balaban J connectivity index is 4.00. The topological polar surface area (TPSA) is 78.9 Å². The minimum Gasteiger partial charge on any atom is -0.465 e. The summed E-state index contributed by atoms with van der Waals surface area (Å²) in [6, 6.07) is 0. The molecule has 134 valence electrons. The molecule has 6 heteroatoms. The lowest BCUT2D eigenvalue weighted by Gasteiger charge is -2.20. The van der Waals surface area contributed by atoms with Gasteiger partial charge in [0.2, 0.25) is 0 Å². The zero-order valence-corrected chi connectivity index (χ0v) is 15.4. The highest BCUT2D eigenvalue weighted by atomic mass is 16.6. The van der Waals surface area contributed by atoms with E-state index in [2.05, 4.69) is 0 Å². The van der Waals surface area contributed by atoms with E-state index < -0.39 is 30.1 Å². The molecule has 0 bridgehead atoms. The molecule has 0 aliphatic heterocycles. The molecule has 0 unspecified atom stereocenters. The fourth-order valence-electron chi connectivity index (χ4n) is 1.46. The first-order chi connectivity index (χ1) is 10.3. The Morgan fingerprint density at radius 3 is 1.96 bits per heavy atom. The van der Waals surface area contributed by atoms with Gasteiger partial charge in [-0.3, -0.25) is 9.59 Å². The molecule has 0 fully saturated rings. The Morgan fingerprint density at radius 1 is 0.913 bits per heavy atom. The van der Waals surface area contributed by atoms with Crippen molar-refractivity contribution in [3.05, 3.63) is 0 Å². The molecule has 0 aliphatic rings. The van der Waals surface area contributed by atoms with Crippen molar-refractivity contribution in [2.24, 2.45) is 11.3 Å². The molecule has 0 saturated heterocycles. The lowest BCUT2D eigenvalue weighted by atomic mass is 9.98. The van der Waals surface area contributed by atoms with Gasteiger partial charge in [0.05, 0.1) is 12.5 Å². The summed E-state index contributed by atoms with van der Waals surface area (Å²) < 4.78 is 15.0. The van der Waals surface area contributed by atoms with Crippen molar-refractivity contribution in [2.75, 3.05) is 13.2 Å². The molecule has 0 saturated carbocycles. The van der Waals surface area contributed by atoms with Crippen LogP contribution in [-0.2, 0) is 28.6 Å². The average molecular weight is 330 g/mol. The molecule has 23 heavy (non-hydrogen) atoms.